The molecule has 3 aromatic carbocycles. The van der Waals surface area contributed by atoms with Crippen molar-refractivity contribution in [2.75, 3.05) is 5.75 Å². The van der Waals surface area contributed by atoms with E-state index in [1.807, 2.05) is 47.4 Å². The molecule has 0 bridgehead atoms. The molecule has 0 spiro atoms. The third-order valence-corrected chi connectivity index (χ3v) is 6.40. The molecule has 0 unspecified atom stereocenters. The second-order valence-corrected chi connectivity index (χ2v) is 8.72. The molecular formula is C26H23N3O4S. The van der Waals surface area contributed by atoms with E-state index in [2.05, 4.69) is 10.5 Å². The van der Waals surface area contributed by atoms with Crippen molar-refractivity contribution in [1.82, 2.24) is 10.3 Å². The summed E-state index contributed by atoms with van der Waals surface area (Å²) in [5.74, 6) is 0.266. The summed E-state index contributed by atoms with van der Waals surface area (Å²) in [4.78, 5) is 37.7. The number of benzene rings is 3. The van der Waals surface area contributed by atoms with Gasteiger partial charge in [0.1, 0.15) is 11.1 Å². The Bertz CT molecular complexity index is 1190. The van der Waals surface area contributed by atoms with Crippen molar-refractivity contribution in [3.05, 3.63) is 101 Å². The van der Waals surface area contributed by atoms with Crippen molar-refractivity contribution >= 4 is 35.8 Å². The Balaban J connectivity index is 1.36. The molecule has 1 heterocycles. The Labute approximate surface area is 201 Å². The highest BCUT2D eigenvalue weighted by atomic mass is 32.2. The molecule has 0 aromatic heterocycles. The minimum atomic E-state index is -0.387. The first-order valence-corrected chi connectivity index (χ1v) is 11.7. The zero-order chi connectivity index (χ0) is 23.9. The van der Waals surface area contributed by atoms with Crippen LogP contribution < -0.4 is 10.2 Å². The standard InChI is InChI=1S/C26H23N3O4S/c1-18(30)33-23-13-7-19(8-14-23)15-27-28-25(32)21-9-11-22(12-10-21)26-29(24(31)17-34-26)16-20-5-3-2-4-6-20/h2-15,26H,16-17H2,1H3,(H,28,32)/b27-15-/t26-/m0/s1. The van der Waals surface area contributed by atoms with Gasteiger partial charge in [-0.25, -0.2) is 5.43 Å². The van der Waals surface area contributed by atoms with Crippen LogP contribution in [0.15, 0.2) is 84.0 Å². The van der Waals surface area contributed by atoms with E-state index in [4.69, 9.17) is 4.74 Å². The molecule has 1 aliphatic heterocycles. The number of thioether (sulfide) groups is 1. The van der Waals surface area contributed by atoms with Crippen LogP contribution in [0.2, 0.25) is 0 Å². The third kappa shape index (κ3) is 5.90. The van der Waals surface area contributed by atoms with E-state index in [-0.39, 0.29) is 23.2 Å². The second kappa shape index (κ2) is 10.8. The average molecular weight is 474 g/mol. The van der Waals surface area contributed by atoms with Gasteiger partial charge in [0, 0.05) is 19.0 Å². The molecule has 34 heavy (non-hydrogen) atoms. The molecule has 1 atom stereocenters. The summed E-state index contributed by atoms with van der Waals surface area (Å²) in [5, 5.41) is 3.90. The maximum atomic E-state index is 12.4. The lowest BCUT2D eigenvalue weighted by atomic mass is 10.1. The molecule has 1 fully saturated rings. The monoisotopic (exact) mass is 473 g/mol. The number of amides is 2. The molecule has 0 radical (unpaired) electrons. The summed E-state index contributed by atoms with van der Waals surface area (Å²) >= 11 is 1.59. The molecule has 4 rings (SSSR count). The van der Waals surface area contributed by atoms with Crippen molar-refractivity contribution in [2.24, 2.45) is 5.10 Å². The molecule has 1 N–H and O–H groups in total. The average Bonchev–Trinajstić information content (AvgIpc) is 3.20. The van der Waals surface area contributed by atoms with Gasteiger partial charge in [-0.3, -0.25) is 14.4 Å². The molecule has 1 saturated heterocycles. The number of carbonyl (C=O) groups is 3. The number of esters is 1. The Morgan fingerprint density at radius 3 is 2.44 bits per heavy atom. The largest absolute Gasteiger partial charge is 0.427 e. The molecule has 0 aliphatic carbocycles. The normalized spacial score (nSPS) is 15.5. The number of nitrogens with one attached hydrogen (secondary N) is 1. The zero-order valence-electron chi connectivity index (χ0n) is 18.5. The van der Waals surface area contributed by atoms with Crippen LogP contribution in [0, 0.1) is 0 Å². The lowest BCUT2D eigenvalue weighted by Gasteiger charge is -2.24. The third-order valence-electron chi connectivity index (χ3n) is 5.14. The van der Waals surface area contributed by atoms with Crippen molar-refractivity contribution in [3.63, 3.8) is 0 Å². The van der Waals surface area contributed by atoms with Crippen LogP contribution in [0.25, 0.3) is 0 Å². The maximum Gasteiger partial charge on any atom is 0.308 e. The number of ether oxygens (including phenoxy) is 1. The van der Waals surface area contributed by atoms with E-state index in [9.17, 15) is 14.4 Å². The van der Waals surface area contributed by atoms with E-state index in [0.29, 0.717) is 23.6 Å². The first kappa shape index (κ1) is 23.3. The van der Waals surface area contributed by atoms with E-state index in [1.54, 1.807) is 48.2 Å². The first-order valence-electron chi connectivity index (χ1n) is 10.7. The minimum Gasteiger partial charge on any atom is -0.427 e. The van der Waals surface area contributed by atoms with Crippen molar-refractivity contribution < 1.29 is 19.1 Å². The Morgan fingerprint density at radius 2 is 1.76 bits per heavy atom. The molecule has 7 nitrogen and oxygen atoms in total. The number of carbonyl (C=O) groups excluding carboxylic acids is 3. The smallest absolute Gasteiger partial charge is 0.308 e. The van der Waals surface area contributed by atoms with Gasteiger partial charge in [0.2, 0.25) is 5.91 Å². The summed E-state index contributed by atoms with van der Waals surface area (Å²) in [6.45, 7) is 1.89. The number of hydrazone groups is 1. The summed E-state index contributed by atoms with van der Waals surface area (Å²) < 4.78 is 4.98. The van der Waals surface area contributed by atoms with Crippen LogP contribution in [0.4, 0.5) is 0 Å². The van der Waals surface area contributed by atoms with Gasteiger partial charge < -0.3 is 9.64 Å². The van der Waals surface area contributed by atoms with Gasteiger partial charge in [-0.05, 0) is 53.1 Å². The van der Waals surface area contributed by atoms with Crippen LogP contribution in [-0.2, 0) is 16.1 Å². The highest BCUT2D eigenvalue weighted by Crippen LogP contribution is 2.39. The van der Waals surface area contributed by atoms with E-state index in [1.165, 1.54) is 13.1 Å². The minimum absolute atomic E-state index is 0.0854. The van der Waals surface area contributed by atoms with Gasteiger partial charge in [-0.1, -0.05) is 42.5 Å². The van der Waals surface area contributed by atoms with Crippen LogP contribution in [0.3, 0.4) is 0 Å². The second-order valence-electron chi connectivity index (χ2n) is 7.65. The summed E-state index contributed by atoms with van der Waals surface area (Å²) in [7, 11) is 0. The predicted octanol–water partition coefficient (Wildman–Crippen LogP) is 4.15. The Kier molecular flexibility index (Phi) is 7.39. The van der Waals surface area contributed by atoms with Crippen molar-refractivity contribution in [3.8, 4) is 5.75 Å². The van der Waals surface area contributed by atoms with Gasteiger partial charge in [0.15, 0.2) is 0 Å². The molecule has 2 amide bonds. The summed E-state index contributed by atoms with van der Waals surface area (Å²) in [6.07, 6.45) is 1.51. The van der Waals surface area contributed by atoms with Gasteiger partial charge >= 0.3 is 5.97 Å². The fourth-order valence-corrected chi connectivity index (χ4v) is 4.69. The Hall–Kier alpha value is -3.91. The predicted molar refractivity (Wildman–Crippen MR) is 131 cm³/mol. The number of nitrogens with zero attached hydrogens (tertiary/aromatic N) is 2. The molecule has 1 aliphatic rings. The van der Waals surface area contributed by atoms with Gasteiger partial charge in [-0.15, -0.1) is 11.8 Å². The van der Waals surface area contributed by atoms with Crippen molar-refractivity contribution in [1.29, 1.82) is 0 Å². The zero-order valence-corrected chi connectivity index (χ0v) is 19.3. The van der Waals surface area contributed by atoms with Gasteiger partial charge in [-0.2, -0.15) is 5.10 Å². The summed E-state index contributed by atoms with van der Waals surface area (Å²) in [6, 6.07) is 23.9. The van der Waals surface area contributed by atoms with Crippen LogP contribution in [-0.4, -0.2) is 34.7 Å². The molecule has 0 saturated carbocycles. The van der Waals surface area contributed by atoms with Crippen molar-refractivity contribution in [2.45, 2.75) is 18.8 Å². The highest BCUT2D eigenvalue weighted by Gasteiger charge is 2.32. The number of hydrogen-bond acceptors (Lipinski definition) is 6. The van der Waals surface area contributed by atoms with E-state index >= 15 is 0 Å². The lowest BCUT2D eigenvalue weighted by molar-refractivity contribution is -0.132. The van der Waals surface area contributed by atoms with Crippen LogP contribution in [0.1, 0.15) is 39.3 Å². The highest BCUT2D eigenvalue weighted by molar-refractivity contribution is 8.00. The van der Waals surface area contributed by atoms with E-state index < -0.39 is 0 Å². The first-order chi connectivity index (χ1) is 16.5. The molecule has 172 valence electrons. The molecular weight excluding hydrogens is 450 g/mol. The lowest BCUT2D eigenvalue weighted by Crippen LogP contribution is -2.27. The topological polar surface area (TPSA) is 88.1 Å². The SMILES string of the molecule is CC(=O)Oc1ccc(/C=N\NC(=O)c2ccc([C@@H]3SCC(=O)N3Cc3ccccc3)cc2)cc1. The Morgan fingerprint density at radius 1 is 1.06 bits per heavy atom. The fourth-order valence-electron chi connectivity index (χ4n) is 3.50. The van der Waals surface area contributed by atoms with Crippen LogP contribution >= 0.6 is 11.8 Å². The fraction of sp³-hybridized carbons (Fsp3) is 0.154. The maximum absolute atomic E-state index is 12.4. The van der Waals surface area contributed by atoms with Gasteiger partial charge in [0.05, 0.1) is 12.0 Å². The molecule has 3 aromatic rings. The van der Waals surface area contributed by atoms with E-state index in [0.717, 1.165) is 16.7 Å². The summed E-state index contributed by atoms with van der Waals surface area (Å²) in [5.41, 5.74) is 5.77. The number of rotatable bonds is 7. The quantitative estimate of drug-likeness (QED) is 0.241. The molecule has 8 heteroatoms. The van der Waals surface area contributed by atoms with Crippen LogP contribution in [0.5, 0.6) is 5.75 Å². The number of hydrogen-bond donors (Lipinski definition) is 1. The van der Waals surface area contributed by atoms with Gasteiger partial charge in [0.25, 0.3) is 5.91 Å².